The van der Waals surface area contributed by atoms with E-state index in [0.717, 1.165) is 30.9 Å². The highest BCUT2D eigenvalue weighted by atomic mass is 35.5. The van der Waals surface area contributed by atoms with E-state index in [1.807, 2.05) is 24.3 Å². The number of anilines is 2. The lowest BCUT2D eigenvalue weighted by molar-refractivity contribution is -0.116. The van der Waals surface area contributed by atoms with Crippen LogP contribution in [-0.4, -0.2) is 38.1 Å². The molecule has 1 aromatic carbocycles. The maximum absolute atomic E-state index is 12.0. The molecule has 0 spiro atoms. The molecule has 0 aliphatic carbocycles. The zero-order valence-electron chi connectivity index (χ0n) is 13.7. The molecule has 132 valence electrons. The van der Waals surface area contributed by atoms with Crippen LogP contribution in [-0.2, 0) is 4.79 Å². The standard InChI is InChI=1S/C17H24N4O2.ClH/c22-16(6-1-13-7-9-18-10-8-13)20-14-2-4-15(5-3-14)21-12-11-19-17(21)23;/h2-5,13,18H,1,6-12H2,(H,19,23)(H,20,22);1H. The molecule has 2 heterocycles. The van der Waals surface area contributed by atoms with E-state index in [-0.39, 0.29) is 24.3 Å². The lowest BCUT2D eigenvalue weighted by Gasteiger charge is -2.22. The van der Waals surface area contributed by atoms with Crippen LogP contribution < -0.4 is 20.9 Å². The molecule has 3 rings (SSSR count). The number of piperidine rings is 1. The highest BCUT2D eigenvalue weighted by molar-refractivity contribution is 5.95. The summed E-state index contributed by atoms with van der Waals surface area (Å²) < 4.78 is 0. The van der Waals surface area contributed by atoms with Gasteiger partial charge in [0.2, 0.25) is 5.91 Å². The Morgan fingerprint density at radius 1 is 1.17 bits per heavy atom. The fourth-order valence-electron chi connectivity index (χ4n) is 3.17. The highest BCUT2D eigenvalue weighted by Gasteiger charge is 2.20. The summed E-state index contributed by atoms with van der Waals surface area (Å²) in [4.78, 5) is 25.4. The molecule has 3 amide bonds. The minimum atomic E-state index is -0.0660. The quantitative estimate of drug-likeness (QED) is 0.761. The number of hydrogen-bond donors (Lipinski definition) is 3. The number of nitrogens with zero attached hydrogens (tertiary/aromatic N) is 1. The first-order valence-corrected chi connectivity index (χ1v) is 8.38. The van der Waals surface area contributed by atoms with Crippen molar-refractivity contribution in [2.75, 3.05) is 36.4 Å². The van der Waals surface area contributed by atoms with Crippen molar-refractivity contribution in [1.82, 2.24) is 10.6 Å². The predicted octanol–water partition coefficient (Wildman–Crippen LogP) is 2.36. The average Bonchev–Trinajstić information content (AvgIpc) is 3.01. The van der Waals surface area contributed by atoms with E-state index in [9.17, 15) is 9.59 Å². The zero-order valence-corrected chi connectivity index (χ0v) is 14.5. The molecule has 0 atom stereocenters. The van der Waals surface area contributed by atoms with Crippen molar-refractivity contribution in [1.29, 1.82) is 0 Å². The zero-order chi connectivity index (χ0) is 16.1. The summed E-state index contributed by atoms with van der Waals surface area (Å²) in [5.74, 6) is 0.730. The van der Waals surface area contributed by atoms with Crippen molar-refractivity contribution in [3.63, 3.8) is 0 Å². The average molecular weight is 353 g/mol. The van der Waals surface area contributed by atoms with E-state index in [1.54, 1.807) is 4.90 Å². The Labute approximate surface area is 148 Å². The van der Waals surface area contributed by atoms with Crippen LogP contribution in [0.3, 0.4) is 0 Å². The second-order valence-corrected chi connectivity index (χ2v) is 6.21. The Hall–Kier alpha value is -1.79. The number of hydrogen-bond acceptors (Lipinski definition) is 3. The van der Waals surface area contributed by atoms with Gasteiger partial charge in [-0.25, -0.2) is 4.79 Å². The predicted molar refractivity (Wildman–Crippen MR) is 97.9 cm³/mol. The van der Waals surface area contributed by atoms with E-state index < -0.39 is 0 Å². The topological polar surface area (TPSA) is 73.5 Å². The molecule has 2 aliphatic heterocycles. The van der Waals surface area contributed by atoms with Gasteiger partial charge < -0.3 is 16.0 Å². The monoisotopic (exact) mass is 352 g/mol. The number of carbonyl (C=O) groups excluding carboxylic acids is 2. The van der Waals surface area contributed by atoms with Gasteiger partial charge in [-0.1, -0.05) is 0 Å². The number of urea groups is 1. The third-order valence-corrected chi connectivity index (χ3v) is 4.56. The highest BCUT2D eigenvalue weighted by Crippen LogP contribution is 2.21. The Bertz CT molecular complexity index is 558. The Kier molecular flexibility index (Phi) is 6.87. The maximum Gasteiger partial charge on any atom is 0.321 e. The van der Waals surface area contributed by atoms with Crippen LogP contribution in [0.4, 0.5) is 16.2 Å². The minimum Gasteiger partial charge on any atom is -0.336 e. The molecule has 7 heteroatoms. The van der Waals surface area contributed by atoms with Gasteiger partial charge in [0, 0.05) is 30.9 Å². The van der Waals surface area contributed by atoms with Gasteiger partial charge >= 0.3 is 6.03 Å². The van der Waals surface area contributed by atoms with Gasteiger partial charge in [-0.2, -0.15) is 0 Å². The first kappa shape index (κ1) is 18.5. The van der Waals surface area contributed by atoms with Crippen LogP contribution in [0.15, 0.2) is 24.3 Å². The van der Waals surface area contributed by atoms with Gasteiger partial charge in [0.1, 0.15) is 0 Å². The summed E-state index contributed by atoms with van der Waals surface area (Å²) >= 11 is 0. The molecular formula is C17H25ClN4O2. The molecule has 6 nitrogen and oxygen atoms in total. The Balaban J connectivity index is 0.00000208. The normalized spacial score (nSPS) is 18.0. The van der Waals surface area contributed by atoms with Crippen LogP contribution in [0.25, 0.3) is 0 Å². The summed E-state index contributed by atoms with van der Waals surface area (Å²) in [7, 11) is 0. The van der Waals surface area contributed by atoms with Crippen molar-refractivity contribution in [3.05, 3.63) is 24.3 Å². The fourth-order valence-corrected chi connectivity index (χ4v) is 3.17. The molecule has 0 radical (unpaired) electrons. The number of benzene rings is 1. The SMILES string of the molecule is Cl.O=C(CCC1CCNCC1)Nc1ccc(N2CCNC2=O)cc1. The van der Waals surface area contributed by atoms with Crippen LogP contribution >= 0.6 is 12.4 Å². The van der Waals surface area contributed by atoms with Crippen molar-refractivity contribution in [2.45, 2.75) is 25.7 Å². The van der Waals surface area contributed by atoms with E-state index in [1.165, 1.54) is 12.8 Å². The van der Waals surface area contributed by atoms with Crippen molar-refractivity contribution in [3.8, 4) is 0 Å². The molecule has 2 aliphatic rings. The second-order valence-electron chi connectivity index (χ2n) is 6.21. The van der Waals surface area contributed by atoms with Gasteiger partial charge in [-0.15, -0.1) is 12.4 Å². The molecule has 0 bridgehead atoms. The number of halogens is 1. The first-order valence-electron chi connectivity index (χ1n) is 8.38. The lowest BCUT2D eigenvalue weighted by atomic mass is 9.93. The van der Waals surface area contributed by atoms with Gasteiger partial charge in [0.25, 0.3) is 0 Å². The first-order chi connectivity index (χ1) is 11.2. The molecule has 1 aromatic rings. The molecule has 0 aromatic heterocycles. The third kappa shape index (κ3) is 4.85. The number of carbonyl (C=O) groups is 2. The van der Waals surface area contributed by atoms with Crippen LogP contribution in [0.2, 0.25) is 0 Å². The van der Waals surface area contributed by atoms with Crippen LogP contribution in [0, 0.1) is 5.92 Å². The van der Waals surface area contributed by atoms with Gasteiger partial charge in [-0.05, 0) is 62.5 Å². The van der Waals surface area contributed by atoms with Crippen molar-refractivity contribution >= 4 is 35.7 Å². The third-order valence-electron chi connectivity index (χ3n) is 4.56. The summed E-state index contributed by atoms with van der Waals surface area (Å²) in [6.45, 7) is 3.49. The molecule has 0 unspecified atom stereocenters. The molecule has 2 saturated heterocycles. The summed E-state index contributed by atoms with van der Waals surface area (Å²) in [5.41, 5.74) is 1.64. The molecule has 2 fully saturated rings. The van der Waals surface area contributed by atoms with E-state index in [0.29, 0.717) is 25.4 Å². The molecular weight excluding hydrogens is 328 g/mol. The smallest absolute Gasteiger partial charge is 0.321 e. The minimum absolute atomic E-state index is 0. The largest absolute Gasteiger partial charge is 0.336 e. The summed E-state index contributed by atoms with van der Waals surface area (Å²) in [6, 6.07) is 7.37. The van der Waals surface area contributed by atoms with Gasteiger partial charge in [0.05, 0.1) is 0 Å². The van der Waals surface area contributed by atoms with Crippen LogP contribution in [0.1, 0.15) is 25.7 Å². The van der Waals surface area contributed by atoms with Crippen molar-refractivity contribution < 1.29 is 9.59 Å². The fraction of sp³-hybridized carbons (Fsp3) is 0.529. The van der Waals surface area contributed by atoms with Crippen molar-refractivity contribution in [2.24, 2.45) is 5.92 Å². The Morgan fingerprint density at radius 2 is 1.88 bits per heavy atom. The lowest BCUT2D eigenvalue weighted by Crippen LogP contribution is -2.28. The van der Waals surface area contributed by atoms with E-state index >= 15 is 0 Å². The molecule has 0 saturated carbocycles. The Morgan fingerprint density at radius 3 is 2.50 bits per heavy atom. The van der Waals surface area contributed by atoms with Gasteiger partial charge in [0.15, 0.2) is 0 Å². The molecule has 24 heavy (non-hydrogen) atoms. The van der Waals surface area contributed by atoms with Crippen LogP contribution in [0.5, 0.6) is 0 Å². The summed E-state index contributed by atoms with van der Waals surface area (Å²) in [5, 5.41) is 9.05. The maximum atomic E-state index is 12.0. The molecule has 3 N–H and O–H groups in total. The number of amides is 3. The number of rotatable bonds is 5. The second kappa shape index (κ2) is 8.89. The number of nitrogens with one attached hydrogen (secondary N) is 3. The van der Waals surface area contributed by atoms with Gasteiger partial charge in [-0.3, -0.25) is 9.69 Å². The van der Waals surface area contributed by atoms with E-state index in [2.05, 4.69) is 16.0 Å². The van der Waals surface area contributed by atoms with E-state index in [4.69, 9.17) is 0 Å². The summed E-state index contributed by atoms with van der Waals surface area (Å²) in [6.07, 6.45) is 3.86.